The SMILES string of the molecule is CSc1nc(NCC(C)C)n2ncc(Br)c2n1. The molecule has 17 heavy (non-hydrogen) atoms. The number of anilines is 1. The molecule has 7 heteroatoms. The average molecular weight is 316 g/mol. The van der Waals surface area contributed by atoms with Crippen LogP contribution < -0.4 is 5.32 Å². The van der Waals surface area contributed by atoms with Gasteiger partial charge in [0.25, 0.3) is 0 Å². The molecule has 0 aliphatic heterocycles. The third kappa shape index (κ3) is 2.71. The number of hydrogen-bond donors (Lipinski definition) is 1. The molecule has 0 bridgehead atoms. The van der Waals surface area contributed by atoms with Crippen molar-refractivity contribution in [3.63, 3.8) is 0 Å². The Morgan fingerprint density at radius 2 is 2.24 bits per heavy atom. The summed E-state index contributed by atoms with van der Waals surface area (Å²) in [6.07, 6.45) is 3.69. The van der Waals surface area contributed by atoms with E-state index in [2.05, 4.69) is 50.2 Å². The minimum Gasteiger partial charge on any atom is -0.354 e. The summed E-state index contributed by atoms with van der Waals surface area (Å²) < 4.78 is 2.59. The molecule has 0 radical (unpaired) electrons. The van der Waals surface area contributed by atoms with Crippen LogP contribution in [0.15, 0.2) is 15.8 Å². The summed E-state index contributed by atoms with van der Waals surface area (Å²) in [7, 11) is 0. The van der Waals surface area contributed by atoms with E-state index in [4.69, 9.17) is 0 Å². The van der Waals surface area contributed by atoms with Crippen molar-refractivity contribution >= 4 is 39.3 Å². The van der Waals surface area contributed by atoms with Crippen LogP contribution in [0, 0.1) is 5.92 Å². The highest BCUT2D eigenvalue weighted by Crippen LogP contribution is 2.21. The molecule has 0 amide bonds. The molecule has 0 atom stereocenters. The minimum atomic E-state index is 0.553. The molecule has 5 nitrogen and oxygen atoms in total. The van der Waals surface area contributed by atoms with Crippen molar-refractivity contribution in [1.82, 2.24) is 19.6 Å². The van der Waals surface area contributed by atoms with Crippen molar-refractivity contribution < 1.29 is 0 Å². The largest absolute Gasteiger partial charge is 0.354 e. The highest BCUT2D eigenvalue weighted by Gasteiger charge is 2.11. The van der Waals surface area contributed by atoms with E-state index in [1.807, 2.05) is 6.26 Å². The molecule has 0 saturated heterocycles. The molecule has 0 aromatic carbocycles. The molecule has 92 valence electrons. The first-order chi connectivity index (χ1) is 8.11. The number of fused-ring (bicyclic) bond motifs is 1. The Balaban J connectivity index is 2.44. The Morgan fingerprint density at radius 1 is 1.47 bits per heavy atom. The number of halogens is 1. The van der Waals surface area contributed by atoms with E-state index in [1.54, 1.807) is 10.7 Å². The van der Waals surface area contributed by atoms with E-state index in [0.29, 0.717) is 5.92 Å². The molecule has 0 spiro atoms. The molecule has 2 heterocycles. The molecule has 0 fully saturated rings. The Kier molecular flexibility index (Phi) is 3.88. The average Bonchev–Trinajstić information content (AvgIpc) is 2.68. The van der Waals surface area contributed by atoms with Gasteiger partial charge in [0, 0.05) is 6.54 Å². The van der Waals surface area contributed by atoms with Gasteiger partial charge in [-0.1, -0.05) is 25.6 Å². The highest BCUT2D eigenvalue weighted by atomic mass is 79.9. The second-order valence-corrected chi connectivity index (χ2v) is 5.66. The Morgan fingerprint density at radius 3 is 2.88 bits per heavy atom. The lowest BCUT2D eigenvalue weighted by Gasteiger charge is -2.10. The summed E-state index contributed by atoms with van der Waals surface area (Å²) in [5.41, 5.74) is 0.788. The molecule has 2 aromatic heterocycles. The predicted molar refractivity (Wildman–Crippen MR) is 73.6 cm³/mol. The number of hydrogen-bond acceptors (Lipinski definition) is 5. The Hall–Kier alpha value is -0.820. The van der Waals surface area contributed by atoms with Crippen molar-refractivity contribution in [3.05, 3.63) is 10.7 Å². The van der Waals surface area contributed by atoms with Crippen molar-refractivity contribution in [1.29, 1.82) is 0 Å². The molecule has 2 rings (SSSR count). The van der Waals surface area contributed by atoms with Crippen LogP contribution in [-0.4, -0.2) is 32.4 Å². The summed E-state index contributed by atoms with van der Waals surface area (Å²) in [4.78, 5) is 8.83. The standard InChI is InChI=1S/C10H14BrN5S/c1-6(2)4-12-9-15-10(17-3)14-8-7(11)5-13-16(8)9/h5-6H,4H2,1-3H3,(H,12,14,15). The number of nitrogens with zero attached hydrogens (tertiary/aromatic N) is 4. The summed E-state index contributed by atoms with van der Waals surface area (Å²) in [5, 5.41) is 8.28. The van der Waals surface area contributed by atoms with Gasteiger partial charge in [0.1, 0.15) is 0 Å². The van der Waals surface area contributed by atoms with E-state index >= 15 is 0 Å². The molecular weight excluding hydrogens is 302 g/mol. The maximum atomic E-state index is 4.43. The van der Waals surface area contributed by atoms with E-state index in [1.165, 1.54) is 11.8 Å². The first kappa shape index (κ1) is 12.6. The fourth-order valence-corrected chi connectivity index (χ4v) is 2.04. The van der Waals surface area contributed by atoms with Crippen molar-refractivity contribution in [2.75, 3.05) is 18.1 Å². The lowest BCUT2D eigenvalue weighted by atomic mass is 10.2. The van der Waals surface area contributed by atoms with Crippen LogP contribution in [0.4, 0.5) is 5.95 Å². The molecule has 0 saturated carbocycles. The molecular formula is C10H14BrN5S. The number of thioether (sulfide) groups is 1. The third-order valence-electron chi connectivity index (χ3n) is 2.16. The lowest BCUT2D eigenvalue weighted by Crippen LogP contribution is -2.14. The number of aromatic nitrogens is 4. The summed E-state index contributed by atoms with van der Waals surface area (Å²) in [5.74, 6) is 1.29. The molecule has 0 aliphatic rings. The Labute approximate surface area is 113 Å². The van der Waals surface area contributed by atoms with Crippen LogP contribution in [0.1, 0.15) is 13.8 Å². The lowest BCUT2D eigenvalue weighted by molar-refractivity contribution is 0.677. The van der Waals surface area contributed by atoms with Gasteiger partial charge >= 0.3 is 0 Å². The van der Waals surface area contributed by atoms with Crippen molar-refractivity contribution in [2.45, 2.75) is 19.0 Å². The first-order valence-electron chi connectivity index (χ1n) is 5.31. The highest BCUT2D eigenvalue weighted by molar-refractivity contribution is 9.10. The summed E-state index contributed by atoms with van der Waals surface area (Å²) >= 11 is 4.95. The van der Waals surface area contributed by atoms with Gasteiger partial charge in [0.2, 0.25) is 5.95 Å². The maximum Gasteiger partial charge on any atom is 0.228 e. The Bertz CT molecular complexity index is 525. The molecule has 1 N–H and O–H groups in total. The summed E-state index contributed by atoms with van der Waals surface area (Å²) in [6.45, 7) is 5.16. The minimum absolute atomic E-state index is 0.553. The zero-order chi connectivity index (χ0) is 12.4. The van der Waals surface area contributed by atoms with Crippen molar-refractivity contribution in [2.24, 2.45) is 5.92 Å². The predicted octanol–water partition coefficient (Wildman–Crippen LogP) is 2.68. The number of rotatable bonds is 4. The van der Waals surface area contributed by atoms with Crippen molar-refractivity contribution in [3.8, 4) is 0 Å². The van der Waals surface area contributed by atoms with Gasteiger partial charge in [-0.3, -0.25) is 0 Å². The second-order valence-electron chi connectivity index (χ2n) is 4.04. The maximum absolute atomic E-state index is 4.43. The van der Waals surface area contributed by atoms with Gasteiger partial charge in [-0.25, -0.2) is 4.98 Å². The van der Waals surface area contributed by atoms with Gasteiger partial charge < -0.3 is 5.32 Å². The zero-order valence-electron chi connectivity index (χ0n) is 9.94. The summed E-state index contributed by atoms with van der Waals surface area (Å²) in [6, 6.07) is 0. The van der Waals surface area contributed by atoms with E-state index in [0.717, 1.165) is 27.8 Å². The van der Waals surface area contributed by atoms with Crippen LogP contribution in [0.3, 0.4) is 0 Å². The smallest absolute Gasteiger partial charge is 0.228 e. The second kappa shape index (κ2) is 5.22. The van der Waals surface area contributed by atoms with Gasteiger partial charge in [-0.2, -0.15) is 14.6 Å². The van der Waals surface area contributed by atoms with Gasteiger partial charge in [0.15, 0.2) is 10.8 Å². The number of nitrogens with one attached hydrogen (secondary N) is 1. The molecule has 0 unspecified atom stereocenters. The first-order valence-corrected chi connectivity index (χ1v) is 7.32. The van der Waals surface area contributed by atoms with Gasteiger partial charge in [-0.15, -0.1) is 0 Å². The molecule has 0 aliphatic carbocycles. The monoisotopic (exact) mass is 315 g/mol. The van der Waals surface area contributed by atoms with Crippen LogP contribution in [0.25, 0.3) is 5.65 Å². The van der Waals surface area contributed by atoms with Crippen LogP contribution in [0.5, 0.6) is 0 Å². The van der Waals surface area contributed by atoms with Crippen LogP contribution >= 0.6 is 27.7 Å². The van der Waals surface area contributed by atoms with Crippen LogP contribution in [0.2, 0.25) is 0 Å². The van der Waals surface area contributed by atoms with E-state index < -0.39 is 0 Å². The van der Waals surface area contributed by atoms with E-state index in [-0.39, 0.29) is 0 Å². The topological polar surface area (TPSA) is 55.1 Å². The van der Waals surface area contributed by atoms with Crippen LogP contribution in [-0.2, 0) is 0 Å². The zero-order valence-corrected chi connectivity index (χ0v) is 12.3. The fraction of sp³-hybridized carbons (Fsp3) is 0.500. The van der Waals surface area contributed by atoms with Gasteiger partial charge in [0.05, 0.1) is 10.7 Å². The quantitative estimate of drug-likeness (QED) is 0.879. The molecule has 2 aromatic rings. The van der Waals surface area contributed by atoms with Gasteiger partial charge in [-0.05, 0) is 28.1 Å². The fourth-order valence-electron chi connectivity index (χ4n) is 1.33. The van der Waals surface area contributed by atoms with E-state index in [9.17, 15) is 0 Å². The normalized spacial score (nSPS) is 11.4. The third-order valence-corrected chi connectivity index (χ3v) is 3.26.